The molecule has 0 aliphatic heterocycles. The van der Waals surface area contributed by atoms with Crippen molar-refractivity contribution in [2.75, 3.05) is 27.2 Å². The topological polar surface area (TPSA) is 0 Å². The number of rotatable bonds is 4. The Morgan fingerprint density at radius 2 is 1.00 bits per heavy atom. The molecule has 0 aromatic rings. The molecule has 1 heteroatoms. The van der Waals surface area contributed by atoms with Gasteiger partial charge in [0, 0.05) is 11.8 Å². The Balaban J connectivity index is 1.75. The summed E-state index contributed by atoms with van der Waals surface area (Å²) in [5.41, 5.74) is 0. The van der Waals surface area contributed by atoms with Gasteiger partial charge < -0.3 is 4.48 Å². The Labute approximate surface area is 108 Å². The van der Waals surface area contributed by atoms with Gasteiger partial charge in [-0.15, -0.1) is 0 Å². The smallest absolute Gasteiger partial charge is 0.0811 e. The molecule has 2 fully saturated rings. The van der Waals surface area contributed by atoms with E-state index < -0.39 is 0 Å². The molecule has 0 heterocycles. The van der Waals surface area contributed by atoms with Crippen LogP contribution < -0.4 is 0 Å². The summed E-state index contributed by atoms with van der Waals surface area (Å²) in [6, 6.07) is 0. The molecule has 2 aliphatic carbocycles. The predicted octanol–water partition coefficient (Wildman–Crippen LogP) is 4.22. The minimum atomic E-state index is 1.03. The van der Waals surface area contributed by atoms with Crippen LogP contribution in [0.25, 0.3) is 0 Å². The van der Waals surface area contributed by atoms with Crippen molar-refractivity contribution in [2.24, 2.45) is 11.8 Å². The molecule has 0 saturated heterocycles. The molecular formula is C16H32N+. The Hall–Kier alpha value is -0.0400. The standard InChI is InChI=1S/C16H32N/c1-17(2,13-15-9-5-3-6-10-15)14-16-11-7-4-8-12-16/h15-16H,3-14H2,1-2H3/q+1. The first-order valence-electron chi connectivity index (χ1n) is 7.98. The van der Waals surface area contributed by atoms with E-state index in [0.717, 1.165) is 11.8 Å². The monoisotopic (exact) mass is 238 g/mol. The average molecular weight is 238 g/mol. The molecule has 17 heavy (non-hydrogen) atoms. The molecule has 0 aromatic carbocycles. The third-order valence-electron chi connectivity index (χ3n) is 4.95. The number of hydrogen-bond acceptors (Lipinski definition) is 0. The summed E-state index contributed by atoms with van der Waals surface area (Å²) in [6.07, 6.45) is 15.0. The van der Waals surface area contributed by atoms with Crippen molar-refractivity contribution in [1.29, 1.82) is 0 Å². The van der Waals surface area contributed by atoms with Gasteiger partial charge in [-0.3, -0.25) is 0 Å². The lowest BCUT2D eigenvalue weighted by atomic mass is 9.86. The van der Waals surface area contributed by atoms with Gasteiger partial charge in [0.25, 0.3) is 0 Å². The van der Waals surface area contributed by atoms with Crippen LogP contribution in [0.4, 0.5) is 0 Å². The summed E-state index contributed by atoms with van der Waals surface area (Å²) < 4.78 is 1.29. The maximum absolute atomic E-state index is 2.48. The normalized spacial score (nSPS) is 25.1. The fourth-order valence-electron chi connectivity index (χ4n) is 4.21. The van der Waals surface area contributed by atoms with E-state index in [1.54, 1.807) is 0 Å². The summed E-state index contributed by atoms with van der Waals surface area (Å²) in [4.78, 5) is 0. The molecule has 2 aliphatic rings. The molecular weight excluding hydrogens is 206 g/mol. The lowest BCUT2D eigenvalue weighted by Gasteiger charge is -2.38. The summed E-state index contributed by atoms with van der Waals surface area (Å²) in [7, 11) is 4.95. The van der Waals surface area contributed by atoms with E-state index in [0.29, 0.717) is 0 Å². The van der Waals surface area contributed by atoms with Crippen molar-refractivity contribution >= 4 is 0 Å². The SMILES string of the molecule is C[N+](C)(CC1CCCCC1)CC1CCCCC1. The second-order valence-electron chi connectivity index (χ2n) is 7.31. The third kappa shape index (κ3) is 4.62. The first-order valence-corrected chi connectivity index (χ1v) is 7.98. The molecule has 2 saturated carbocycles. The van der Waals surface area contributed by atoms with Gasteiger partial charge >= 0.3 is 0 Å². The van der Waals surface area contributed by atoms with E-state index >= 15 is 0 Å². The van der Waals surface area contributed by atoms with Gasteiger partial charge in [0.15, 0.2) is 0 Å². The van der Waals surface area contributed by atoms with Gasteiger partial charge in [-0.25, -0.2) is 0 Å². The fourth-order valence-corrected chi connectivity index (χ4v) is 4.21. The van der Waals surface area contributed by atoms with E-state index in [1.165, 1.54) is 81.8 Å². The van der Waals surface area contributed by atoms with Crippen LogP contribution in [0.3, 0.4) is 0 Å². The second-order valence-corrected chi connectivity index (χ2v) is 7.31. The molecule has 0 amide bonds. The van der Waals surface area contributed by atoms with Gasteiger partial charge in [-0.05, 0) is 25.7 Å². The molecule has 0 atom stereocenters. The van der Waals surface area contributed by atoms with Crippen LogP contribution in [0.2, 0.25) is 0 Å². The molecule has 1 nitrogen and oxygen atoms in total. The zero-order chi connectivity index (χ0) is 12.1. The molecule has 2 rings (SSSR count). The molecule has 0 radical (unpaired) electrons. The van der Waals surface area contributed by atoms with Gasteiger partial charge in [-0.1, -0.05) is 38.5 Å². The Morgan fingerprint density at radius 1 is 0.647 bits per heavy atom. The summed E-state index contributed by atoms with van der Waals surface area (Å²) in [5, 5.41) is 0. The predicted molar refractivity (Wildman–Crippen MR) is 75.0 cm³/mol. The van der Waals surface area contributed by atoms with Crippen molar-refractivity contribution in [3.63, 3.8) is 0 Å². The van der Waals surface area contributed by atoms with Crippen molar-refractivity contribution in [3.05, 3.63) is 0 Å². The molecule has 0 N–H and O–H groups in total. The van der Waals surface area contributed by atoms with Crippen molar-refractivity contribution < 1.29 is 4.48 Å². The van der Waals surface area contributed by atoms with Crippen LogP contribution in [0.1, 0.15) is 64.2 Å². The Bertz CT molecular complexity index is 188. The van der Waals surface area contributed by atoms with Crippen molar-refractivity contribution in [3.8, 4) is 0 Å². The second kappa shape index (κ2) is 6.22. The molecule has 0 aromatic heterocycles. The first-order chi connectivity index (χ1) is 8.16. The van der Waals surface area contributed by atoms with E-state index in [2.05, 4.69) is 14.1 Å². The fraction of sp³-hybridized carbons (Fsp3) is 1.00. The van der Waals surface area contributed by atoms with E-state index in [-0.39, 0.29) is 0 Å². The lowest BCUT2D eigenvalue weighted by Crippen LogP contribution is -2.47. The van der Waals surface area contributed by atoms with Crippen LogP contribution in [0.5, 0.6) is 0 Å². The van der Waals surface area contributed by atoms with Crippen molar-refractivity contribution in [2.45, 2.75) is 64.2 Å². The van der Waals surface area contributed by atoms with Crippen LogP contribution in [0, 0.1) is 11.8 Å². The largest absolute Gasteiger partial charge is 0.328 e. The summed E-state index contributed by atoms with van der Waals surface area (Å²) in [6.45, 7) is 2.88. The quantitative estimate of drug-likeness (QED) is 0.643. The lowest BCUT2D eigenvalue weighted by molar-refractivity contribution is -0.897. The molecule has 0 unspecified atom stereocenters. The first kappa shape index (κ1) is 13.4. The third-order valence-corrected chi connectivity index (χ3v) is 4.95. The minimum absolute atomic E-state index is 1.03. The zero-order valence-corrected chi connectivity index (χ0v) is 12.1. The van der Waals surface area contributed by atoms with E-state index in [4.69, 9.17) is 0 Å². The Kier molecular flexibility index (Phi) is 4.90. The highest BCUT2D eigenvalue weighted by Crippen LogP contribution is 2.29. The van der Waals surface area contributed by atoms with Gasteiger partial charge in [0.05, 0.1) is 27.2 Å². The van der Waals surface area contributed by atoms with Crippen LogP contribution in [-0.2, 0) is 0 Å². The minimum Gasteiger partial charge on any atom is -0.328 e. The maximum Gasteiger partial charge on any atom is 0.0811 e. The van der Waals surface area contributed by atoms with Gasteiger partial charge in [0.2, 0.25) is 0 Å². The van der Waals surface area contributed by atoms with Crippen LogP contribution in [-0.4, -0.2) is 31.7 Å². The number of quaternary nitrogens is 1. The van der Waals surface area contributed by atoms with E-state index in [9.17, 15) is 0 Å². The highest BCUT2D eigenvalue weighted by molar-refractivity contribution is 4.68. The Morgan fingerprint density at radius 3 is 1.35 bits per heavy atom. The molecule has 100 valence electrons. The van der Waals surface area contributed by atoms with Gasteiger partial charge in [-0.2, -0.15) is 0 Å². The van der Waals surface area contributed by atoms with E-state index in [1.807, 2.05) is 0 Å². The zero-order valence-electron chi connectivity index (χ0n) is 12.1. The summed E-state index contributed by atoms with van der Waals surface area (Å²) >= 11 is 0. The number of nitrogens with zero attached hydrogens (tertiary/aromatic N) is 1. The number of hydrogen-bond donors (Lipinski definition) is 0. The highest BCUT2D eigenvalue weighted by Gasteiger charge is 2.27. The van der Waals surface area contributed by atoms with Gasteiger partial charge in [0.1, 0.15) is 0 Å². The maximum atomic E-state index is 2.48. The van der Waals surface area contributed by atoms with Crippen LogP contribution >= 0.6 is 0 Å². The van der Waals surface area contributed by atoms with Crippen LogP contribution in [0.15, 0.2) is 0 Å². The highest BCUT2D eigenvalue weighted by atomic mass is 15.3. The molecule has 0 spiro atoms. The van der Waals surface area contributed by atoms with Crippen molar-refractivity contribution in [1.82, 2.24) is 0 Å². The summed E-state index contributed by atoms with van der Waals surface area (Å²) in [5.74, 6) is 2.06. The average Bonchev–Trinajstić information content (AvgIpc) is 2.30. The molecule has 0 bridgehead atoms.